The molecule has 1 aromatic rings. The van der Waals surface area contributed by atoms with Crippen LogP contribution in [0.5, 0.6) is 0 Å². The molecule has 3 rings (SSSR count). The van der Waals surface area contributed by atoms with E-state index in [1.54, 1.807) is 0 Å². The molecular formula is C25H33F3. The van der Waals surface area contributed by atoms with E-state index in [4.69, 9.17) is 0 Å². The zero-order chi connectivity index (χ0) is 20.1. The van der Waals surface area contributed by atoms with E-state index >= 15 is 0 Å². The Labute approximate surface area is 167 Å². The van der Waals surface area contributed by atoms with Crippen molar-refractivity contribution in [3.05, 3.63) is 58.4 Å². The molecule has 0 spiro atoms. The van der Waals surface area contributed by atoms with Gasteiger partial charge in [-0.1, -0.05) is 50.3 Å². The van der Waals surface area contributed by atoms with Crippen molar-refractivity contribution in [2.24, 2.45) is 11.8 Å². The van der Waals surface area contributed by atoms with Gasteiger partial charge in [0, 0.05) is 0 Å². The minimum Gasteiger partial charge on any atom is -0.209 e. The number of rotatable bonds is 5. The smallest absolute Gasteiger partial charge is 0.189 e. The molecule has 0 N–H and O–H groups in total. The third-order valence-corrected chi connectivity index (χ3v) is 6.94. The maximum Gasteiger partial charge on any atom is 0.189 e. The molecule has 0 atom stereocenters. The molecule has 28 heavy (non-hydrogen) atoms. The summed E-state index contributed by atoms with van der Waals surface area (Å²) in [4.78, 5) is 0. The molecule has 0 aromatic heterocycles. The molecule has 0 heterocycles. The first-order chi connectivity index (χ1) is 13.5. The van der Waals surface area contributed by atoms with E-state index in [0.29, 0.717) is 5.92 Å². The van der Waals surface area contributed by atoms with E-state index in [1.165, 1.54) is 63.4 Å². The van der Waals surface area contributed by atoms with Crippen molar-refractivity contribution in [1.29, 1.82) is 0 Å². The number of hydrogen-bond acceptors (Lipinski definition) is 0. The van der Waals surface area contributed by atoms with Crippen molar-refractivity contribution in [2.75, 3.05) is 0 Å². The SMILES string of the molecule is C/C(F)=C(F)\C(F)=C/Cc1ccc(C2CCC(C3CCCCC3)CC2)cc1C. The van der Waals surface area contributed by atoms with Gasteiger partial charge in [-0.25, -0.2) is 13.2 Å². The zero-order valence-electron chi connectivity index (χ0n) is 17.2. The van der Waals surface area contributed by atoms with E-state index in [0.717, 1.165) is 36.0 Å². The average Bonchev–Trinajstić information content (AvgIpc) is 2.72. The summed E-state index contributed by atoms with van der Waals surface area (Å²) in [5, 5.41) is 0. The highest BCUT2D eigenvalue weighted by atomic mass is 19.2. The lowest BCUT2D eigenvalue weighted by Crippen LogP contribution is -2.23. The molecule has 0 radical (unpaired) electrons. The van der Waals surface area contributed by atoms with Gasteiger partial charge < -0.3 is 0 Å². The third kappa shape index (κ3) is 5.30. The van der Waals surface area contributed by atoms with Gasteiger partial charge in [0.15, 0.2) is 11.7 Å². The van der Waals surface area contributed by atoms with E-state index < -0.39 is 17.5 Å². The Morgan fingerprint density at radius 1 is 0.929 bits per heavy atom. The second-order valence-corrected chi connectivity index (χ2v) is 8.80. The molecule has 2 fully saturated rings. The summed E-state index contributed by atoms with van der Waals surface area (Å²) in [5.74, 6) is -1.14. The summed E-state index contributed by atoms with van der Waals surface area (Å²) in [6, 6.07) is 6.37. The molecule has 2 aliphatic rings. The average molecular weight is 391 g/mol. The maximum atomic E-state index is 13.6. The van der Waals surface area contributed by atoms with Crippen molar-refractivity contribution in [1.82, 2.24) is 0 Å². The van der Waals surface area contributed by atoms with E-state index in [-0.39, 0.29) is 6.42 Å². The Kier molecular flexibility index (Phi) is 7.42. The summed E-state index contributed by atoms with van der Waals surface area (Å²) >= 11 is 0. The first-order valence-electron chi connectivity index (χ1n) is 10.9. The van der Waals surface area contributed by atoms with Crippen LogP contribution in [0.25, 0.3) is 0 Å². The molecule has 154 valence electrons. The third-order valence-electron chi connectivity index (χ3n) is 6.94. The Morgan fingerprint density at radius 2 is 1.57 bits per heavy atom. The standard InChI is InChI=1S/C25H33F3/c1-17-16-23(13-8-19(17)14-15-24(27)25(28)18(2)26)22-11-9-21(10-12-22)20-6-4-3-5-7-20/h8,13,15-16,20-22H,3-7,9-12,14H2,1-2H3/b24-15+,25-18-. The van der Waals surface area contributed by atoms with Gasteiger partial charge in [-0.3, -0.25) is 0 Å². The Bertz CT molecular complexity index is 713. The highest BCUT2D eigenvalue weighted by Gasteiger charge is 2.29. The normalized spacial score (nSPS) is 25.5. The first kappa shape index (κ1) is 21.2. The van der Waals surface area contributed by atoms with Crippen LogP contribution in [0.4, 0.5) is 13.2 Å². The first-order valence-corrected chi connectivity index (χ1v) is 10.9. The van der Waals surface area contributed by atoms with Gasteiger partial charge in [-0.15, -0.1) is 0 Å². The quantitative estimate of drug-likeness (QED) is 0.443. The molecule has 0 aliphatic heterocycles. The monoisotopic (exact) mass is 390 g/mol. The second-order valence-electron chi connectivity index (χ2n) is 8.80. The van der Waals surface area contributed by atoms with Crippen LogP contribution in [-0.4, -0.2) is 0 Å². The molecule has 0 amide bonds. The summed E-state index contributed by atoms with van der Waals surface area (Å²) < 4.78 is 39.6. The molecule has 0 unspecified atom stereocenters. The fourth-order valence-electron chi connectivity index (χ4n) is 5.19. The summed E-state index contributed by atoms with van der Waals surface area (Å²) in [6.07, 6.45) is 13.7. The molecule has 1 aromatic carbocycles. The fraction of sp³-hybridized carbons (Fsp3) is 0.600. The molecule has 2 saturated carbocycles. The van der Waals surface area contributed by atoms with Gasteiger partial charge in [-0.2, -0.15) is 0 Å². The highest BCUT2D eigenvalue weighted by Crippen LogP contribution is 2.43. The van der Waals surface area contributed by atoms with Crippen molar-refractivity contribution in [3.8, 4) is 0 Å². The van der Waals surface area contributed by atoms with Gasteiger partial charge in [0.25, 0.3) is 0 Å². The summed E-state index contributed by atoms with van der Waals surface area (Å²) in [5.41, 5.74) is 3.43. The van der Waals surface area contributed by atoms with Crippen molar-refractivity contribution in [2.45, 2.75) is 84.0 Å². The molecule has 3 heteroatoms. The van der Waals surface area contributed by atoms with E-state index in [9.17, 15) is 13.2 Å². The largest absolute Gasteiger partial charge is 0.209 e. The highest BCUT2D eigenvalue weighted by molar-refractivity contribution is 5.35. The van der Waals surface area contributed by atoms with Crippen LogP contribution in [0.15, 0.2) is 41.8 Å². The lowest BCUT2D eigenvalue weighted by Gasteiger charge is -2.36. The van der Waals surface area contributed by atoms with Crippen LogP contribution in [0.3, 0.4) is 0 Å². The van der Waals surface area contributed by atoms with E-state index in [2.05, 4.69) is 12.1 Å². The second kappa shape index (κ2) is 9.80. The van der Waals surface area contributed by atoms with Crippen LogP contribution in [-0.2, 0) is 6.42 Å². The fourth-order valence-corrected chi connectivity index (χ4v) is 5.19. The number of halogens is 3. The van der Waals surface area contributed by atoms with Crippen LogP contribution < -0.4 is 0 Å². The minimum absolute atomic E-state index is 0.271. The van der Waals surface area contributed by atoms with Gasteiger partial charge in [0.1, 0.15) is 5.83 Å². The van der Waals surface area contributed by atoms with Crippen molar-refractivity contribution < 1.29 is 13.2 Å². The number of hydrogen-bond donors (Lipinski definition) is 0. The van der Waals surface area contributed by atoms with E-state index in [1.807, 2.05) is 13.0 Å². The zero-order valence-corrected chi connectivity index (χ0v) is 17.2. The molecule has 2 aliphatic carbocycles. The predicted molar refractivity (Wildman–Crippen MR) is 110 cm³/mol. The van der Waals surface area contributed by atoms with Gasteiger partial charge in [0.05, 0.1) is 0 Å². The lowest BCUT2D eigenvalue weighted by molar-refractivity contribution is 0.186. The van der Waals surface area contributed by atoms with Crippen LogP contribution >= 0.6 is 0 Å². The Morgan fingerprint density at radius 3 is 2.18 bits per heavy atom. The number of benzene rings is 1. The molecule has 0 bridgehead atoms. The molecule has 0 saturated heterocycles. The lowest BCUT2D eigenvalue weighted by atomic mass is 9.70. The Balaban J connectivity index is 1.58. The minimum atomic E-state index is -1.40. The summed E-state index contributed by atoms with van der Waals surface area (Å²) in [7, 11) is 0. The topological polar surface area (TPSA) is 0 Å². The van der Waals surface area contributed by atoms with Crippen molar-refractivity contribution >= 4 is 0 Å². The number of aryl methyl sites for hydroxylation is 1. The molecule has 0 nitrogen and oxygen atoms in total. The van der Waals surface area contributed by atoms with Crippen LogP contribution in [0.1, 0.15) is 87.3 Å². The Hall–Kier alpha value is -1.51. The number of allylic oxidation sites excluding steroid dienone is 4. The maximum absolute atomic E-state index is 13.6. The predicted octanol–water partition coefficient (Wildman–Crippen LogP) is 8.42. The molecular weight excluding hydrogens is 357 g/mol. The van der Waals surface area contributed by atoms with Gasteiger partial charge >= 0.3 is 0 Å². The van der Waals surface area contributed by atoms with Crippen LogP contribution in [0.2, 0.25) is 0 Å². The van der Waals surface area contributed by atoms with Gasteiger partial charge in [-0.05, 0) is 86.5 Å². The van der Waals surface area contributed by atoms with Crippen molar-refractivity contribution in [3.63, 3.8) is 0 Å². The van der Waals surface area contributed by atoms with Crippen LogP contribution in [0, 0.1) is 18.8 Å². The summed E-state index contributed by atoms with van der Waals surface area (Å²) in [6.45, 7) is 2.94. The van der Waals surface area contributed by atoms with Gasteiger partial charge in [0.2, 0.25) is 0 Å².